The van der Waals surface area contributed by atoms with Crippen LogP contribution >= 0.6 is 0 Å². The summed E-state index contributed by atoms with van der Waals surface area (Å²) in [5.41, 5.74) is 6.39. The second kappa shape index (κ2) is 9.47. The fraction of sp³-hybridized carbons (Fsp3) is 0.450. The van der Waals surface area contributed by atoms with Crippen LogP contribution in [0, 0.1) is 0 Å². The predicted octanol–water partition coefficient (Wildman–Crippen LogP) is 4.92. The fourth-order valence-electron chi connectivity index (χ4n) is 3.23. The van der Waals surface area contributed by atoms with Gasteiger partial charge in [-0.15, -0.1) is 0 Å². The SMILES string of the molecule is C[CH]=[Zr+2].c1cc2c([cH-]1)CCCC2.c1cc2c([cH-]1)CCCC2. The van der Waals surface area contributed by atoms with Crippen LogP contribution in [0.3, 0.4) is 0 Å². The van der Waals surface area contributed by atoms with Crippen LogP contribution in [0.1, 0.15) is 54.9 Å². The molecule has 1 heteroatoms. The Labute approximate surface area is 144 Å². The molecule has 0 amide bonds. The molecule has 0 bridgehead atoms. The summed E-state index contributed by atoms with van der Waals surface area (Å²) in [7, 11) is 0. The van der Waals surface area contributed by atoms with Crippen molar-refractivity contribution >= 4 is 3.71 Å². The van der Waals surface area contributed by atoms with Crippen molar-refractivity contribution in [3.05, 3.63) is 58.7 Å². The second-order valence-corrected chi connectivity index (χ2v) is 7.27. The van der Waals surface area contributed by atoms with Gasteiger partial charge in [0.15, 0.2) is 0 Å². The number of rotatable bonds is 0. The third-order valence-electron chi connectivity index (χ3n) is 4.30. The van der Waals surface area contributed by atoms with Crippen LogP contribution in [-0.4, -0.2) is 3.71 Å². The van der Waals surface area contributed by atoms with Gasteiger partial charge in [0.2, 0.25) is 0 Å². The molecular formula is C20H26Zr. The van der Waals surface area contributed by atoms with Crippen LogP contribution in [-0.2, 0) is 49.9 Å². The molecule has 0 aromatic heterocycles. The van der Waals surface area contributed by atoms with Crippen LogP contribution in [0.5, 0.6) is 0 Å². The third-order valence-corrected chi connectivity index (χ3v) is 4.30. The fourth-order valence-corrected chi connectivity index (χ4v) is 3.23. The van der Waals surface area contributed by atoms with Crippen molar-refractivity contribution in [2.75, 3.05) is 0 Å². The maximum Gasteiger partial charge on any atom is -0.0512 e. The Bertz CT molecular complexity index is 442. The zero-order valence-corrected chi connectivity index (χ0v) is 15.7. The molecule has 21 heavy (non-hydrogen) atoms. The summed E-state index contributed by atoms with van der Waals surface area (Å²) in [5, 5.41) is 0. The molecule has 0 aliphatic heterocycles. The van der Waals surface area contributed by atoms with Gasteiger partial charge < -0.3 is 0 Å². The van der Waals surface area contributed by atoms with Crippen molar-refractivity contribution < 1.29 is 24.2 Å². The van der Waals surface area contributed by atoms with Crippen molar-refractivity contribution in [3.8, 4) is 0 Å². The van der Waals surface area contributed by atoms with Gasteiger partial charge in [0.25, 0.3) is 0 Å². The minimum Gasteiger partial charge on any atom is -0.210 e. The average molecular weight is 358 g/mol. The molecule has 0 saturated heterocycles. The van der Waals surface area contributed by atoms with E-state index in [2.05, 4.69) is 40.1 Å². The maximum absolute atomic E-state index is 2.26. The van der Waals surface area contributed by atoms with E-state index in [0.717, 1.165) is 0 Å². The van der Waals surface area contributed by atoms with Crippen molar-refractivity contribution in [2.45, 2.75) is 58.3 Å². The Balaban J connectivity index is 0.000000130. The largest absolute Gasteiger partial charge is 0.210 e. The van der Waals surface area contributed by atoms with Crippen LogP contribution in [0.25, 0.3) is 0 Å². The van der Waals surface area contributed by atoms with Gasteiger partial charge >= 0.3 is 34.9 Å². The maximum atomic E-state index is 2.26. The van der Waals surface area contributed by atoms with Crippen LogP contribution in [0.15, 0.2) is 36.4 Å². The van der Waals surface area contributed by atoms with Crippen LogP contribution in [0.4, 0.5) is 0 Å². The van der Waals surface area contributed by atoms with Gasteiger partial charge in [-0.3, -0.25) is 0 Å². The van der Waals surface area contributed by atoms with E-state index in [9.17, 15) is 0 Å². The number of hydrogen-bond donors (Lipinski definition) is 0. The number of fused-ring (bicyclic) bond motifs is 2. The summed E-state index contributed by atoms with van der Waals surface area (Å²) in [6, 6.07) is 13.4. The third kappa shape index (κ3) is 5.29. The molecule has 0 spiro atoms. The van der Waals surface area contributed by atoms with Crippen molar-refractivity contribution in [1.82, 2.24) is 0 Å². The molecule has 0 saturated carbocycles. The van der Waals surface area contributed by atoms with Gasteiger partial charge in [-0.2, -0.15) is 46.5 Å². The van der Waals surface area contributed by atoms with E-state index in [-0.39, 0.29) is 0 Å². The van der Waals surface area contributed by atoms with E-state index < -0.39 is 0 Å². The normalized spacial score (nSPS) is 15.6. The Kier molecular flexibility index (Phi) is 7.58. The first-order chi connectivity index (χ1) is 10.3. The summed E-state index contributed by atoms with van der Waals surface area (Å²) >= 11 is 1.51. The zero-order chi connectivity index (χ0) is 14.9. The molecule has 0 atom stereocenters. The molecule has 0 nitrogen and oxygen atoms in total. The number of aryl methyl sites for hydroxylation is 4. The molecule has 2 aromatic rings. The minimum absolute atomic E-state index is 1.32. The molecule has 4 rings (SSSR count). The summed E-state index contributed by atoms with van der Waals surface area (Å²) < 4.78 is 2.09. The van der Waals surface area contributed by atoms with Gasteiger partial charge in [0, 0.05) is 0 Å². The first-order valence-electron chi connectivity index (χ1n) is 8.27. The summed E-state index contributed by atoms with van der Waals surface area (Å²) in [6.45, 7) is 2.04. The topological polar surface area (TPSA) is 0 Å². The standard InChI is InChI=1S/2C9H11.C2H4.Zr/c2*1-2-5-9-7-3-6-8(9)4-1;1-2;/h2*3,6-7H,1-2,4-5H2;1H,2H3;/q2*-1;;+2. The predicted molar refractivity (Wildman–Crippen MR) is 89.1 cm³/mol. The van der Waals surface area contributed by atoms with Crippen molar-refractivity contribution in [2.24, 2.45) is 0 Å². The van der Waals surface area contributed by atoms with Gasteiger partial charge in [0.05, 0.1) is 0 Å². The smallest absolute Gasteiger partial charge is 0.0512 e. The Morgan fingerprint density at radius 3 is 1.57 bits per heavy atom. The molecule has 2 aliphatic rings. The average Bonchev–Trinajstić information content (AvgIpc) is 3.17. The summed E-state index contributed by atoms with van der Waals surface area (Å²) in [5.74, 6) is 0. The zero-order valence-electron chi connectivity index (χ0n) is 13.2. The Hall–Kier alpha value is -0.547. The van der Waals surface area contributed by atoms with E-state index in [1.54, 1.807) is 22.3 Å². The van der Waals surface area contributed by atoms with E-state index in [1.165, 1.54) is 75.6 Å². The van der Waals surface area contributed by atoms with Crippen molar-refractivity contribution in [3.63, 3.8) is 0 Å². The van der Waals surface area contributed by atoms with E-state index >= 15 is 0 Å². The molecular weight excluding hydrogens is 331 g/mol. The van der Waals surface area contributed by atoms with Crippen LogP contribution < -0.4 is 0 Å². The van der Waals surface area contributed by atoms with E-state index in [1.807, 2.05) is 6.92 Å². The quantitative estimate of drug-likeness (QED) is 0.587. The van der Waals surface area contributed by atoms with Gasteiger partial charge in [-0.05, 0) is 0 Å². The van der Waals surface area contributed by atoms with E-state index in [0.29, 0.717) is 0 Å². The van der Waals surface area contributed by atoms with Crippen LogP contribution in [0.2, 0.25) is 0 Å². The summed E-state index contributed by atoms with van der Waals surface area (Å²) in [6.07, 6.45) is 10.9. The van der Waals surface area contributed by atoms with Gasteiger partial charge in [0.1, 0.15) is 0 Å². The molecule has 0 heterocycles. The monoisotopic (exact) mass is 356 g/mol. The summed E-state index contributed by atoms with van der Waals surface area (Å²) in [4.78, 5) is 0. The second-order valence-electron chi connectivity index (χ2n) is 5.86. The molecule has 0 fully saturated rings. The Morgan fingerprint density at radius 1 is 0.810 bits per heavy atom. The van der Waals surface area contributed by atoms with Crippen molar-refractivity contribution in [1.29, 1.82) is 0 Å². The van der Waals surface area contributed by atoms with Gasteiger partial charge in [-0.25, -0.2) is 12.1 Å². The molecule has 110 valence electrons. The molecule has 2 aromatic carbocycles. The first-order valence-corrected chi connectivity index (χ1v) is 9.69. The molecule has 0 unspecified atom stereocenters. The molecule has 0 N–H and O–H groups in total. The molecule has 0 radical (unpaired) electrons. The minimum atomic E-state index is 1.32. The Morgan fingerprint density at radius 2 is 1.19 bits per heavy atom. The first kappa shape index (κ1) is 16.8. The van der Waals surface area contributed by atoms with E-state index in [4.69, 9.17) is 0 Å². The number of hydrogen-bond acceptors (Lipinski definition) is 0. The van der Waals surface area contributed by atoms with Gasteiger partial charge in [-0.1, -0.05) is 51.4 Å². The molecule has 2 aliphatic carbocycles.